The van der Waals surface area contributed by atoms with Crippen LogP contribution in [0.4, 0.5) is 0 Å². The van der Waals surface area contributed by atoms with Gasteiger partial charge < -0.3 is 0 Å². The summed E-state index contributed by atoms with van der Waals surface area (Å²) >= 11 is 0. The van der Waals surface area contributed by atoms with Crippen LogP contribution in [0.15, 0.2) is 218 Å². The summed E-state index contributed by atoms with van der Waals surface area (Å²) in [4.78, 5) is 10.5. The normalized spacial score (nSPS) is 12.7. The molecule has 1 aliphatic carbocycles. The highest BCUT2D eigenvalue weighted by Gasteiger charge is 2.36. The highest BCUT2D eigenvalue weighted by molar-refractivity contribution is 6.27. The van der Waals surface area contributed by atoms with Crippen LogP contribution >= 0.6 is 0 Å². The zero-order chi connectivity index (χ0) is 42.1. The third kappa shape index (κ3) is 6.02. The van der Waals surface area contributed by atoms with Crippen LogP contribution in [0.1, 0.15) is 25.0 Å². The largest absolute Gasteiger partial charge is 0.228 e. The van der Waals surface area contributed by atoms with Crippen molar-refractivity contribution in [2.24, 2.45) is 0 Å². The van der Waals surface area contributed by atoms with Crippen molar-refractivity contribution in [3.63, 3.8) is 0 Å². The fourth-order valence-corrected chi connectivity index (χ4v) is 10.3. The summed E-state index contributed by atoms with van der Waals surface area (Å²) < 4.78 is 0. The van der Waals surface area contributed by atoms with Crippen molar-refractivity contribution in [1.82, 2.24) is 9.97 Å². The Balaban J connectivity index is 1.01. The Kier molecular flexibility index (Phi) is 8.55. The molecule has 0 bridgehead atoms. The molecule has 1 aromatic heterocycles. The van der Waals surface area contributed by atoms with Crippen LogP contribution in [0.2, 0.25) is 0 Å². The number of benzene rings is 10. The lowest BCUT2D eigenvalue weighted by molar-refractivity contribution is 0.660. The Morgan fingerprint density at radius 2 is 0.857 bits per heavy atom. The van der Waals surface area contributed by atoms with E-state index in [4.69, 9.17) is 9.97 Å². The van der Waals surface area contributed by atoms with Gasteiger partial charge in [0.25, 0.3) is 0 Å². The molecule has 11 aromatic rings. The number of hydrogen-bond acceptors (Lipinski definition) is 2. The second kappa shape index (κ2) is 14.6. The zero-order valence-corrected chi connectivity index (χ0v) is 35.2. The van der Waals surface area contributed by atoms with E-state index in [0.29, 0.717) is 5.82 Å². The van der Waals surface area contributed by atoms with Gasteiger partial charge in [0.2, 0.25) is 0 Å². The van der Waals surface area contributed by atoms with E-state index in [1.165, 1.54) is 88.0 Å². The second-order valence-electron chi connectivity index (χ2n) is 17.3. The summed E-state index contributed by atoms with van der Waals surface area (Å²) in [6.07, 6.45) is 0. The van der Waals surface area contributed by atoms with E-state index in [-0.39, 0.29) is 5.41 Å². The number of fused-ring (bicyclic) bond motifs is 7. The molecule has 0 amide bonds. The van der Waals surface area contributed by atoms with E-state index < -0.39 is 0 Å². The van der Waals surface area contributed by atoms with Crippen LogP contribution < -0.4 is 0 Å². The Morgan fingerprint density at radius 3 is 1.63 bits per heavy atom. The molecule has 0 fully saturated rings. The average Bonchev–Trinajstić information content (AvgIpc) is 3.59. The molecule has 1 heterocycles. The Labute approximate surface area is 367 Å². The summed E-state index contributed by atoms with van der Waals surface area (Å²) in [5.41, 5.74) is 17.5. The first-order valence-corrected chi connectivity index (χ1v) is 21.8. The molecule has 0 aliphatic heterocycles. The minimum Gasteiger partial charge on any atom is -0.228 e. The van der Waals surface area contributed by atoms with Crippen molar-refractivity contribution in [2.75, 3.05) is 0 Å². The maximum absolute atomic E-state index is 5.25. The fourth-order valence-electron chi connectivity index (χ4n) is 10.3. The average molecular weight is 803 g/mol. The highest BCUT2D eigenvalue weighted by atomic mass is 14.9. The second-order valence-corrected chi connectivity index (χ2v) is 17.3. The van der Waals surface area contributed by atoms with Gasteiger partial charge in [0.05, 0.1) is 11.4 Å². The molecule has 0 saturated heterocycles. The minimum atomic E-state index is -0.0680. The molecule has 0 radical (unpaired) electrons. The molecule has 1 aliphatic rings. The van der Waals surface area contributed by atoms with Gasteiger partial charge in [-0.25, -0.2) is 9.97 Å². The van der Waals surface area contributed by atoms with Gasteiger partial charge in [-0.15, -0.1) is 0 Å². The molecular weight excluding hydrogens is 761 g/mol. The smallest absolute Gasteiger partial charge is 0.160 e. The minimum absolute atomic E-state index is 0.0680. The third-order valence-corrected chi connectivity index (χ3v) is 13.3. The van der Waals surface area contributed by atoms with Crippen LogP contribution in [-0.2, 0) is 5.41 Å². The number of nitrogens with zero attached hydrogens (tertiary/aromatic N) is 2. The molecule has 2 nitrogen and oxygen atoms in total. The van der Waals surface area contributed by atoms with Crippen LogP contribution in [0.5, 0.6) is 0 Å². The summed E-state index contributed by atoms with van der Waals surface area (Å²) in [7, 11) is 0. The van der Waals surface area contributed by atoms with Gasteiger partial charge in [-0.3, -0.25) is 0 Å². The first-order chi connectivity index (χ1) is 31.0. The Bertz CT molecular complexity index is 3570. The SMILES string of the molecule is CC1(C)c2ccccc2-c2c(-c3cccc(-c4cc(-c5ccc(-c6c7ccccc7c(-c7ccccc7)c7c6ccc6ccccc67)cc5)nc(-c5ccccc5)n4)c3)cccc21. The lowest BCUT2D eigenvalue weighted by atomic mass is 9.82. The van der Waals surface area contributed by atoms with Crippen molar-refractivity contribution < 1.29 is 0 Å². The first kappa shape index (κ1) is 36.9. The molecular formula is C61H42N2. The van der Waals surface area contributed by atoms with Crippen molar-refractivity contribution in [1.29, 1.82) is 0 Å². The Morgan fingerprint density at radius 1 is 0.317 bits per heavy atom. The molecule has 0 N–H and O–H groups in total. The van der Waals surface area contributed by atoms with Crippen molar-refractivity contribution in [3.05, 3.63) is 230 Å². The molecule has 63 heavy (non-hydrogen) atoms. The van der Waals surface area contributed by atoms with E-state index in [2.05, 4.69) is 226 Å². The van der Waals surface area contributed by atoms with E-state index in [1.54, 1.807) is 0 Å². The highest BCUT2D eigenvalue weighted by Crippen LogP contribution is 2.52. The number of hydrogen-bond donors (Lipinski definition) is 0. The van der Waals surface area contributed by atoms with Gasteiger partial charge in [-0.1, -0.05) is 220 Å². The predicted molar refractivity (Wildman–Crippen MR) is 265 cm³/mol. The molecule has 0 atom stereocenters. The van der Waals surface area contributed by atoms with Gasteiger partial charge >= 0.3 is 0 Å². The van der Waals surface area contributed by atoms with E-state index in [1.807, 2.05) is 6.07 Å². The molecule has 296 valence electrons. The summed E-state index contributed by atoms with van der Waals surface area (Å²) in [6, 6.07) is 79.1. The maximum atomic E-state index is 5.25. The molecule has 0 saturated carbocycles. The first-order valence-electron chi connectivity index (χ1n) is 21.8. The van der Waals surface area contributed by atoms with Crippen LogP contribution in [0.25, 0.3) is 111 Å². The van der Waals surface area contributed by atoms with Crippen molar-refractivity contribution in [2.45, 2.75) is 19.3 Å². The number of rotatable bonds is 6. The van der Waals surface area contributed by atoms with E-state index >= 15 is 0 Å². The van der Waals surface area contributed by atoms with Gasteiger partial charge in [-0.05, 0) is 100 Å². The van der Waals surface area contributed by atoms with Crippen LogP contribution in [0, 0.1) is 0 Å². The molecule has 0 spiro atoms. The van der Waals surface area contributed by atoms with Crippen molar-refractivity contribution in [3.8, 4) is 78.4 Å². The summed E-state index contributed by atoms with van der Waals surface area (Å²) in [5.74, 6) is 0.703. The fraction of sp³-hybridized carbons (Fsp3) is 0.0492. The Hall–Kier alpha value is -7.94. The number of aromatic nitrogens is 2. The summed E-state index contributed by atoms with van der Waals surface area (Å²) in [6.45, 7) is 4.68. The molecule has 10 aromatic carbocycles. The van der Waals surface area contributed by atoms with Gasteiger partial charge in [0.1, 0.15) is 0 Å². The summed E-state index contributed by atoms with van der Waals surface area (Å²) in [5, 5.41) is 7.49. The van der Waals surface area contributed by atoms with Crippen LogP contribution in [-0.4, -0.2) is 9.97 Å². The van der Waals surface area contributed by atoms with Gasteiger partial charge in [0.15, 0.2) is 5.82 Å². The van der Waals surface area contributed by atoms with Gasteiger partial charge in [0, 0.05) is 22.1 Å². The van der Waals surface area contributed by atoms with E-state index in [0.717, 1.165) is 28.1 Å². The quantitative estimate of drug-likeness (QED) is 0.124. The molecule has 12 rings (SSSR count). The van der Waals surface area contributed by atoms with Crippen LogP contribution in [0.3, 0.4) is 0 Å². The van der Waals surface area contributed by atoms with Gasteiger partial charge in [-0.2, -0.15) is 0 Å². The monoisotopic (exact) mass is 802 g/mol. The lowest BCUT2D eigenvalue weighted by Gasteiger charge is -2.21. The maximum Gasteiger partial charge on any atom is 0.160 e. The topological polar surface area (TPSA) is 25.8 Å². The molecule has 0 unspecified atom stereocenters. The lowest BCUT2D eigenvalue weighted by Crippen LogP contribution is -2.14. The van der Waals surface area contributed by atoms with E-state index in [9.17, 15) is 0 Å². The predicted octanol–water partition coefficient (Wildman–Crippen LogP) is 16.2. The van der Waals surface area contributed by atoms with Crippen molar-refractivity contribution >= 4 is 32.3 Å². The third-order valence-electron chi connectivity index (χ3n) is 13.3. The molecule has 2 heteroatoms. The standard InChI is InChI=1S/C61H42N2/c1-61(2)52-29-14-13-27-50(52)58-47(28-16-30-53(58)61)44-22-15-23-45(37-44)55-38-54(62-60(63-55)43-20-7-4-8-21-43)40-31-33-42(34-32-40)56-48-25-11-12-26-49(48)57(41-18-5-3-6-19-41)59-46-24-10-9-17-39(46)35-36-51(56)59/h3-38H,1-2H3. The zero-order valence-electron chi connectivity index (χ0n) is 35.2.